The molecule has 4 saturated carbocycles. The molecule has 1 heterocycles. The van der Waals surface area contributed by atoms with Crippen molar-refractivity contribution in [1.29, 1.82) is 0 Å². The highest BCUT2D eigenvalue weighted by molar-refractivity contribution is 5.36. The summed E-state index contributed by atoms with van der Waals surface area (Å²) >= 11 is 0. The van der Waals surface area contributed by atoms with Crippen LogP contribution in [0.25, 0.3) is 0 Å². The van der Waals surface area contributed by atoms with Gasteiger partial charge in [-0.15, -0.1) is 0 Å². The number of hydrogen-bond donors (Lipinski definition) is 1. The fourth-order valence-electron chi connectivity index (χ4n) is 8.86. The molecular formula is C21H30O2. The Bertz CT molecular complexity index is 597. The quantitative estimate of drug-likeness (QED) is 0.683. The summed E-state index contributed by atoms with van der Waals surface area (Å²) in [6.45, 7) is 3.57. The lowest BCUT2D eigenvalue weighted by molar-refractivity contribution is -0.0475. The van der Waals surface area contributed by atoms with Crippen LogP contribution in [-0.2, 0) is 4.74 Å². The van der Waals surface area contributed by atoms with Crippen molar-refractivity contribution >= 4 is 0 Å². The molecule has 6 aliphatic rings. The monoisotopic (exact) mass is 314 g/mol. The highest BCUT2D eigenvalue weighted by Crippen LogP contribution is 2.84. The molecule has 5 fully saturated rings. The van der Waals surface area contributed by atoms with Gasteiger partial charge in [0.15, 0.2) is 0 Å². The molecule has 8 atom stereocenters. The topological polar surface area (TPSA) is 29.5 Å². The number of aliphatic hydroxyl groups excluding tert-OH is 1. The van der Waals surface area contributed by atoms with Crippen LogP contribution < -0.4 is 0 Å². The smallest absolute Gasteiger partial charge is 0.0780 e. The van der Waals surface area contributed by atoms with E-state index < -0.39 is 0 Å². The molecule has 1 aliphatic heterocycles. The van der Waals surface area contributed by atoms with Gasteiger partial charge in [0, 0.05) is 12.0 Å². The van der Waals surface area contributed by atoms with Gasteiger partial charge in [-0.2, -0.15) is 0 Å². The molecule has 23 heavy (non-hydrogen) atoms. The van der Waals surface area contributed by atoms with Crippen LogP contribution in [0.1, 0.15) is 64.7 Å². The molecule has 2 nitrogen and oxygen atoms in total. The molecule has 2 heteroatoms. The van der Waals surface area contributed by atoms with Gasteiger partial charge in [-0.05, 0) is 86.9 Å². The first-order chi connectivity index (χ1) is 11.1. The van der Waals surface area contributed by atoms with Crippen molar-refractivity contribution in [2.75, 3.05) is 6.61 Å². The number of ether oxygens (including phenoxy) is 1. The lowest BCUT2D eigenvalue weighted by atomic mass is 9.49. The van der Waals surface area contributed by atoms with Crippen LogP contribution in [0.4, 0.5) is 0 Å². The Kier molecular flexibility index (Phi) is 2.46. The highest BCUT2D eigenvalue weighted by atomic mass is 16.5. The molecule has 6 rings (SSSR count). The molecule has 5 aliphatic carbocycles. The van der Waals surface area contributed by atoms with Crippen molar-refractivity contribution in [3.05, 3.63) is 11.6 Å². The average molecular weight is 314 g/mol. The third-order valence-corrected chi connectivity index (χ3v) is 9.69. The summed E-state index contributed by atoms with van der Waals surface area (Å²) in [5.41, 5.74) is 2.94. The number of hydrogen-bond acceptors (Lipinski definition) is 2. The first kappa shape index (κ1) is 13.9. The van der Waals surface area contributed by atoms with Crippen molar-refractivity contribution in [3.8, 4) is 0 Å². The number of rotatable bonds is 0. The van der Waals surface area contributed by atoms with E-state index in [4.69, 9.17) is 4.74 Å². The normalized spacial score (nSPS) is 62.5. The molecule has 0 radical (unpaired) electrons. The molecule has 0 amide bonds. The Hall–Kier alpha value is -0.340. The van der Waals surface area contributed by atoms with Gasteiger partial charge in [0.2, 0.25) is 0 Å². The van der Waals surface area contributed by atoms with Gasteiger partial charge in [-0.25, -0.2) is 0 Å². The lowest BCUT2D eigenvalue weighted by Crippen LogP contribution is -2.48. The second-order valence-corrected chi connectivity index (χ2v) is 9.85. The second-order valence-electron chi connectivity index (χ2n) is 9.85. The van der Waals surface area contributed by atoms with E-state index in [9.17, 15) is 5.11 Å². The maximum absolute atomic E-state index is 10.1. The van der Waals surface area contributed by atoms with E-state index in [1.807, 2.05) is 0 Å². The summed E-state index contributed by atoms with van der Waals surface area (Å²) in [5, 5.41) is 10.1. The first-order valence-electron chi connectivity index (χ1n) is 10.1. The van der Waals surface area contributed by atoms with Crippen LogP contribution in [0, 0.1) is 34.5 Å². The summed E-state index contributed by atoms with van der Waals surface area (Å²) < 4.78 is 6.38. The van der Waals surface area contributed by atoms with Crippen molar-refractivity contribution in [1.82, 2.24) is 0 Å². The van der Waals surface area contributed by atoms with Crippen LogP contribution in [0.2, 0.25) is 0 Å². The van der Waals surface area contributed by atoms with Gasteiger partial charge in [0.1, 0.15) is 0 Å². The van der Waals surface area contributed by atoms with Crippen LogP contribution in [-0.4, -0.2) is 23.4 Å². The summed E-state index contributed by atoms with van der Waals surface area (Å²) in [6, 6.07) is 0. The minimum Gasteiger partial charge on any atom is -0.393 e. The van der Waals surface area contributed by atoms with Crippen molar-refractivity contribution in [3.63, 3.8) is 0 Å². The maximum atomic E-state index is 10.1. The molecule has 126 valence electrons. The van der Waals surface area contributed by atoms with E-state index in [1.165, 1.54) is 44.9 Å². The molecular weight excluding hydrogens is 284 g/mol. The SMILES string of the molecule is C[C@]12CCC(O)CC1=CCC1C3CCC45OCCC4[C@]35CCC12. The predicted octanol–water partition coefficient (Wildman–Crippen LogP) is 4.08. The standard InChI is InChI=1S/C21H30O2/c1-19-8-4-14(22)12-13(19)2-3-15-16(19)5-9-20-17(15)6-10-21(20)18(20)7-11-23-21/h2,14-18,22H,3-12H2,1H3/t14?,15?,16?,17?,18?,19-,20-,21?/m0/s1. The molecule has 1 saturated heterocycles. The Morgan fingerprint density at radius 2 is 1.96 bits per heavy atom. The third-order valence-electron chi connectivity index (χ3n) is 9.69. The second kappa shape index (κ2) is 4.07. The fourth-order valence-corrected chi connectivity index (χ4v) is 8.86. The van der Waals surface area contributed by atoms with Gasteiger partial charge < -0.3 is 9.84 Å². The van der Waals surface area contributed by atoms with E-state index in [2.05, 4.69) is 13.0 Å². The van der Waals surface area contributed by atoms with Gasteiger partial charge in [-0.3, -0.25) is 0 Å². The number of fused-ring (bicyclic) bond motifs is 4. The Labute approximate surface area is 139 Å². The molecule has 0 bridgehead atoms. The molecule has 0 aromatic rings. The van der Waals surface area contributed by atoms with E-state index in [-0.39, 0.29) is 6.10 Å². The van der Waals surface area contributed by atoms with Gasteiger partial charge in [0.25, 0.3) is 0 Å². The zero-order valence-corrected chi connectivity index (χ0v) is 14.4. The highest BCUT2D eigenvalue weighted by Gasteiger charge is 2.85. The van der Waals surface area contributed by atoms with Gasteiger partial charge in [0.05, 0.1) is 11.7 Å². The van der Waals surface area contributed by atoms with Gasteiger partial charge in [-0.1, -0.05) is 18.6 Å². The van der Waals surface area contributed by atoms with Crippen molar-refractivity contribution in [2.45, 2.75) is 76.4 Å². The van der Waals surface area contributed by atoms with E-state index >= 15 is 0 Å². The maximum Gasteiger partial charge on any atom is 0.0780 e. The Morgan fingerprint density at radius 3 is 2.83 bits per heavy atom. The Balaban J connectivity index is 1.37. The van der Waals surface area contributed by atoms with E-state index in [1.54, 1.807) is 5.57 Å². The zero-order chi connectivity index (χ0) is 15.4. The first-order valence-corrected chi connectivity index (χ1v) is 10.1. The molecule has 6 unspecified atom stereocenters. The molecule has 0 aromatic heterocycles. The van der Waals surface area contributed by atoms with E-state index in [0.29, 0.717) is 16.4 Å². The Morgan fingerprint density at radius 1 is 1.09 bits per heavy atom. The minimum absolute atomic E-state index is 0.0771. The summed E-state index contributed by atoms with van der Waals surface area (Å²) in [6.07, 6.45) is 14.0. The third kappa shape index (κ3) is 1.35. The fraction of sp³-hybridized carbons (Fsp3) is 0.905. The largest absolute Gasteiger partial charge is 0.393 e. The van der Waals surface area contributed by atoms with Crippen molar-refractivity contribution < 1.29 is 9.84 Å². The molecule has 2 spiro atoms. The summed E-state index contributed by atoms with van der Waals surface area (Å²) in [4.78, 5) is 0. The van der Waals surface area contributed by atoms with Crippen LogP contribution in [0.5, 0.6) is 0 Å². The lowest BCUT2D eigenvalue weighted by Gasteiger charge is -2.56. The molecule has 1 N–H and O–H groups in total. The van der Waals surface area contributed by atoms with E-state index in [0.717, 1.165) is 43.1 Å². The number of aliphatic hydroxyl groups is 1. The number of allylic oxidation sites excluding steroid dienone is 1. The zero-order valence-electron chi connectivity index (χ0n) is 14.4. The minimum atomic E-state index is -0.0771. The van der Waals surface area contributed by atoms with Crippen LogP contribution in [0.15, 0.2) is 11.6 Å². The van der Waals surface area contributed by atoms with Crippen LogP contribution >= 0.6 is 0 Å². The summed E-state index contributed by atoms with van der Waals surface area (Å²) in [7, 11) is 0. The average Bonchev–Trinajstić information content (AvgIpc) is 2.91. The van der Waals surface area contributed by atoms with Crippen LogP contribution in [0.3, 0.4) is 0 Å². The molecule has 0 aromatic carbocycles. The van der Waals surface area contributed by atoms with Crippen molar-refractivity contribution in [2.24, 2.45) is 34.5 Å². The summed E-state index contributed by atoms with van der Waals surface area (Å²) in [5.74, 6) is 3.64. The van der Waals surface area contributed by atoms with Gasteiger partial charge >= 0.3 is 0 Å². The predicted molar refractivity (Wildman–Crippen MR) is 88.8 cm³/mol.